The van der Waals surface area contributed by atoms with E-state index in [4.69, 9.17) is 14.5 Å². The molecule has 6 N–H and O–H groups in total. The van der Waals surface area contributed by atoms with E-state index in [1.807, 2.05) is 0 Å². The quantitative estimate of drug-likeness (QED) is 0.0189. The number of halogens is 4. The summed E-state index contributed by atoms with van der Waals surface area (Å²) in [6, 6.07) is 8.51. The minimum absolute atomic E-state index is 0.00266. The molecule has 80 heavy (non-hydrogen) atoms. The molecular weight excluding hydrogens is 1060 g/mol. The Bertz CT molecular complexity index is 3280. The number of hydrogen-bond acceptors (Lipinski definition) is 14. The van der Waals surface area contributed by atoms with E-state index in [1.54, 1.807) is 37.3 Å². The lowest BCUT2D eigenvalue weighted by Crippen LogP contribution is -2.52. The number of fused-ring (bicyclic) bond motifs is 5. The van der Waals surface area contributed by atoms with Crippen molar-refractivity contribution in [3.05, 3.63) is 110 Å². The van der Waals surface area contributed by atoms with Crippen LogP contribution in [0.2, 0.25) is 0 Å². The second-order valence-corrected chi connectivity index (χ2v) is 19.7. The summed E-state index contributed by atoms with van der Waals surface area (Å²) >= 11 is 0. The lowest BCUT2D eigenvalue weighted by Gasteiger charge is -2.37. The molecule has 2 aromatic carbocycles. The molecule has 26 heteroatoms. The molecule has 5 heterocycles. The summed E-state index contributed by atoms with van der Waals surface area (Å²) in [5.74, 6) is -7.87. The van der Waals surface area contributed by atoms with Crippen LogP contribution in [0.4, 0.5) is 17.6 Å². The fourth-order valence-electron chi connectivity index (χ4n) is 10.3. The summed E-state index contributed by atoms with van der Waals surface area (Å²) in [7, 11) is 1.14. The number of aliphatic hydroxyl groups is 1. The van der Waals surface area contributed by atoms with Gasteiger partial charge in [0.1, 0.15) is 25.2 Å². The molecule has 8 amide bonds. The maximum Gasteiger partial charge on any atom is 0.423 e. The summed E-state index contributed by atoms with van der Waals surface area (Å²) in [5, 5.41) is 23.4. The summed E-state index contributed by atoms with van der Waals surface area (Å²) in [5.41, 5.74) is -0.376. The second kappa shape index (κ2) is 23.9. The zero-order valence-corrected chi connectivity index (χ0v) is 43.7. The minimum Gasteiger partial charge on any atom is -0.458 e. The molecule has 2 aromatic heterocycles. The average Bonchev–Trinajstić information content (AvgIpc) is 4.18. The molecule has 1 unspecified atom stereocenters. The molecule has 4 aromatic rings. The molecule has 4 atom stereocenters. The Morgan fingerprint density at radius 2 is 1.56 bits per heavy atom. The molecule has 4 aliphatic rings. The first-order valence-electron chi connectivity index (χ1n) is 25.7. The molecule has 22 nitrogen and oxygen atoms in total. The van der Waals surface area contributed by atoms with Gasteiger partial charge in [0.05, 0.1) is 54.7 Å². The highest BCUT2D eigenvalue weighted by molar-refractivity contribution is 6.12. The van der Waals surface area contributed by atoms with Crippen LogP contribution in [-0.4, -0.2) is 136 Å². The van der Waals surface area contributed by atoms with E-state index in [9.17, 15) is 66.2 Å². The van der Waals surface area contributed by atoms with Gasteiger partial charge >= 0.3 is 12.1 Å². The van der Waals surface area contributed by atoms with Gasteiger partial charge in [-0.15, -0.1) is 0 Å². The van der Waals surface area contributed by atoms with Gasteiger partial charge in [0.2, 0.25) is 35.6 Å². The zero-order valence-electron chi connectivity index (χ0n) is 43.7. The van der Waals surface area contributed by atoms with E-state index in [1.165, 1.54) is 29.7 Å². The number of cyclic esters (lactones) is 1. The highest BCUT2D eigenvalue weighted by atomic mass is 19.4. The molecule has 0 saturated carbocycles. The molecular formula is C54H57F4N9O13. The number of ether oxygens (including phenoxy) is 2. The van der Waals surface area contributed by atoms with Crippen molar-refractivity contribution in [1.29, 1.82) is 0 Å². The first kappa shape index (κ1) is 57.8. The van der Waals surface area contributed by atoms with Gasteiger partial charge in [-0.1, -0.05) is 43.7 Å². The first-order valence-corrected chi connectivity index (χ1v) is 25.7. The van der Waals surface area contributed by atoms with E-state index < -0.39 is 128 Å². The smallest absolute Gasteiger partial charge is 0.423 e. The Morgan fingerprint density at radius 3 is 2.26 bits per heavy atom. The Balaban J connectivity index is 0.870. The molecule has 0 saturated heterocycles. The number of aromatic nitrogens is 2. The van der Waals surface area contributed by atoms with Crippen LogP contribution in [-0.2, 0) is 84.2 Å². The van der Waals surface area contributed by atoms with Gasteiger partial charge in [0, 0.05) is 61.2 Å². The zero-order chi connectivity index (χ0) is 57.8. The highest BCUT2D eigenvalue weighted by Gasteiger charge is 2.50. The van der Waals surface area contributed by atoms with E-state index in [2.05, 4.69) is 26.6 Å². The maximum atomic E-state index is 15.5. The summed E-state index contributed by atoms with van der Waals surface area (Å²) < 4.78 is 71.5. The Kier molecular flexibility index (Phi) is 17.3. The highest BCUT2D eigenvalue weighted by Crippen LogP contribution is 2.48. The molecule has 0 fully saturated rings. The lowest BCUT2D eigenvalue weighted by atomic mass is 9.81. The third kappa shape index (κ3) is 12.1. The Morgan fingerprint density at radius 1 is 0.887 bits per heavy atom. The molecule has 0 bridgehead atoms. The van der Waals surface area contributed by atoms with Gasteiger partial charge in [-0.3, -0.25) is 48.1 Å². The summed E-state index contributed by atoms with van der Waals surface area (Å²) in [4.78, 5) is 135. The third-order valence-electron chi connectivity index (χ3n) is 14.6. The van der Waals surface area contributed by atoms with Crippen molar-refractivity contribution in [2.75, 3.05) is 40.0 Å². The van der Waals surface area contributed by atoms with Crippen molar-refractivity contribution in [3.63, 3.8) is 0 Å². The van der Waals surface area contributed by atoms with E-state index in [-0.39, 0.29) is 78.8 Å². The third-order valence-corrected chi connectivity index (χ3v) is 14.6. The summed E-state index contributed by atoms with van der Waals surface area (Å²) in [6.45, 7) is -0.393. The number of benzene rings is 2. The van der Waals surface area contributed by atoms with Gasteiger partial charge in [-0.05, 0) is 67.3 Å². The van der Waals surface area contributed by atoms with Crippen molar-refractivity contribution in [3.8, 4) is 11.4 Å². The number of aryl methyl sites for hydroxylation is 1. The normalized spacial score (nSPS) is 17.7. The van der Waals surface area contributed by atoms with Crippen molar-refractivity contribution in [2.45, 2.75) is 108 Å². The van der Waals surface area contributed by atoms with Crippen LogP contribution >= 0.6 is 0 Å². The van der Waals surface area contributed by atoms with E-state index >= 15 is 4.39 Å². The van der Waals surface area contributed by atoms with Crippen LogP contribution in [0, 0.1) is 12.7 Å². The number of amides is 8. The van der Waals surface area contributed by atoms with Gasteiger partial charge in [0.25, 0.3) is 23.3 Å². The molecule has 0 radical (unpaired) electrons. The number of rotatable bonds is 22. The fourth-order valence-corrected chi connectivity index (χ4v) is 10.3. The van der Waals surface area contributed by atoms with Crippen LogP contribution < -0.4 is 32.1 Å². The van der Waals surface area contributed by atoms with Crippen molar-refractivity contribution in [2.24, 2.45) is 0 Å². The number of pyridine rings is 2. The first-order chi connectivity index (χ1) is 38.0. The minimum atomic E-state index is -5.33. The fraction of sp³-hybridized carbons (Fsp3) is 0.426. The van der Waals surface area contributed by atoms with Gasteiger partial charge in [0.15, 0.2) is 5.60 Å². The molecule has 8 rings (SSSR count). The topological polar surface area (TPSA) is 294 Å². The number of unbranched alkanes of at least 4 members (excludes halogenated alkanes) is 2. The molecule has 424 valence electrons. The lowest BCUT2D eigenvalue weighted by molar-refractivity contribution is -0.225. The second-order valence-electron chi connectivity index (χ2n) is 19.7. The van der Waals surface area contributed by atoms with Crippen LogP contribution in [0.25, 0.3) is 22.3 Å². The number of alkyl halides is 3. The van der Waals surface area contributed by atoms with Crippen LogP contribution in [0.1, 0.15) is 90.4 Å². The molecule has 3 aliphatic heterocycles. The number of imide groups is 1. The van der Waals surface area contributed by atoms with Crippen molar-refractivity contribution in [1.82, 2.24) is 45.9 Å². The number of nitrogens with zero attached hydrogens (tertiary/aromatic N) is 4. The van der Waals surface area contributed by atoms with Crippen LogP contribution in [0.5, 0.6) is 0 Å². The number of nitrogens with one attached hydrogen (secondary N) is 5. The predicted molar refractivity (Wildman–Crippen MR) is 272 cm³/mol. The Hall–Kier alpha value is -8.39. The number of hydrogen-bond donors (Lipinski definition) is 6. The number of carbonyl (C=O) groups excluding carboxylic acids is 9. The van der Waals surface area contributed by atoms with Crippen molar-refractivity contribution >= 4 is 64.1 Å². The molecule has 0 spiro atoms. The Labute approximate surface area is 453 Å². The average molecular weight is 1120 g/mol. The monoisotopic (exact) mass is 1120 g/mol. The number of esters is 1. The van der Waals surface area contributed by atoms with Gasteiger partial charge in [-0.2, -0.15) is 13.2 Å². The summed E-state index contributed by atoms with van der Waals surface area (Å²) in [6.07, 6.45) is -4.73. The predicted octanol–water partition coefficient (Wildman–Crippen LogP) is 1.56. The maximum absolute atomic E-state index is 15.5. The van der Waals surface area contributed by atoms with Crippen LogP contribution in [0.3, 0.4) is 0 Å². The van der Waals surface area contributed by atoms with Crippen molar-refractivity contribution < 1.29 is 75.3 Å². The van der Waals surface area contributed by atoms with Gasteiger partial charge in [-0.25, -0.2) is 14.2 Å². The van der Waals surface area contributed by atoms with Gasteiger partial charge < -0.3 is 50.6 Å². The standard InChI is InChI=1S/C54H57F4N9O13/c1-4-53(78)33-20-38-47-31(25-67(38)50(75)32(33)26-79-52(53)77)46-37(15-14-30-28(2)34(55)21-35(64-47)45(30)46)65(3)51(76)48(54(56,57)58)80-27-62-41(70)23-61-49(74)36(19-29-11-7-5-8-12-29)63-42(71)24-60-40(69)22-59-39(68)13-9-6-10-18-66-43(72)16-17-44(66)73/h5,7-8,11-12,16-17,20-21,36-37,48,78H,4,6,9-10,13-15,18-19,22-27H2,1-3H3,(H,59,68)(H,60,69)(H,61,74)(H,62,70)(H,63,71)/t36-,37-,48?,53-/m0/s1. The number of carbonyl (C=O) groups is 9. The number of likely N-dealkylation sites (N-methyl/N-ethyl adjacent to an activating group) is 1. The van der Waals surface area contributed by atoms with Crippen LogP contribution in [0.15, 0.2) is 59.4 Å². The van der Waals surface area contributed by atoms with E-state index in [0.717, 1.165) is 22.9 Å². The SMILES string of the molecule is CC[C@@]1(O)C(=O)OCc2c1cc1n(c2=O)Cc2c-1nc1cc(F)c(C)c3c1c2[C@@H](N(C)C(=O)C(OCNC(=O)CNC(=O)[C@H](Cc1ccccc1)NC(=O)CNC(=O)CNC(=O)CCCCCN1C(=O)C=CC1=O)C(F)(F)F)CC3. The largest absolute Gasteiger partial charge is 0.458 e. The van der Waals surface area contributed by atoms with E-state index in [0.29, 0.717) is 46.9 Å². The molecule has 1 aliphatic carbocycles.